The van der Waals surface area contributed by atoms with Gasteiger partial charge in [0.25, 0.3) is 5.91 Å². The molecular formula is C26H23ClN4O2. The summed E-state index contributed by atoms with van der Waals surface area (Å²) in [5, 5.41) is 13.0. The third-order valence-corrected chi connectivity index (χ3v) is 5.49. The van der Waals surface area contributed by atoms with E-state index < -0.39 is 5.91 Å². The zero-order valence-corrected chi connectivity index (χ0v) is 18.7. The van der Waals surface area contributed by atoms with Crippen LogP contribution in [0.4, 0.5) is 11.4 Å². The monoisotopic (exact) mass is 458 g/mol. The third-order valence-electron chi connectivity index (χ3n) is 5.26. The van der Waals surface area contributed by atoms with E-state index in [1.165, 1.54) is 0 Å². The summed E-state index contributed by atoms with van der Waals surface area (Å²) < 4.78 is 5.76. The minimum Gasteiger partial charge on any atom is -0.457 e. The summed E-state index contributed by atoms with van der Waals surface area (Å²) in [5.41, 5.74) is 1.73. The van der Waals surface area contributed by atoms with E-state index in [0.717, 1.165) is 24.5 Å². The number of rotatable bonds is 6. The van der Waals surface area contributed by atoms with Crippen molar-refractivity contribution >= 4 is 28.9 Å². The van der Waals surface area contributed by atoms with Crippen LogP contribution in [0.3, 0.4) is 0 Å². The second-order valence-corrected chi connectivity index (χ2v) is 7.99. The summed E-state index contributed by atoms with van der Waals surface area (Å²) in [5.74, 6) is 0.957. The van der Waals surface area contributed by atoms with Crippen LogP contribution in [-0.4, -0.2) is 37.0 Å². The van der Waals surface area contributed by atoms with Crippen molar-refractivity contribution in [1.29, 1.82) is 5.26 Å². The fourth-order valence-electron chi connectivity index (χ4n) is 3.53. The van der Waals surface area contributed by atoms with Crippen LogP contribution < -0.4 is 15.0 Å². The van der Waals surface area contributed by atoms with Crippen LogP contribution >= 0.6 is 11.6 Å². The van der Waals surface area contributed by atoms with Crippen LogP contribution in [0, 0.1) is 11.3 Å². The van der Waals surface area contributed by atoms with Gasteiger partial charge in [0, 0.05) is 48.8 Å². The van der Waals surface area contributed by atoms with E-state index in [2.05, 4.69) is 10.2 Å². The van der Waals surface area contributed by atoms with E-state index in [9.17, 15) is 10.1 Å². The molecule has 166 valence electrons. The van der Waals surface area contributed by atoms with Crippen molar-refractivity contribution in [2.45, 2.75) is 0 Å². The maximum absolute atomic E-state index is 12.6. The molecule has 4 rings (SSSR count). The Balaban J connectivity index is 1.33. The third kappa shape index (κ3) is 6.06. The molecule has 1 aliphatic heterocycles. The Morgan fingerprint density at radius 1 is 0.939 bits per heavy atom. The van der Waals surface area contributed by atoms with Gasteiger partial charge in [-0.3, -0.25) is 4.79 Å². The van der Waals surface area contributed by atoms with Crippen molar-refractivity contribution < 1.29 is 9.53 Å². The number of piperazine rings is 1. The average Bonchev–Trinajstić information content (AvgIpc) is 2.85. The molecule has 1 N–H and O–H groups in total. The Kier molecular flexibility index (Phi) is 7.13. The number of nitriles is 1. The lowest BCUT2D eigenvalue weighted by atomic mass is 10.2. The molecule has 3 aromatic carbocycles. The molecule has 0 radical (unpaired) electrons. The number of benzene rings is 3. The van der Waals surface area contributed by atoms with Gasteiger partial charge in [-0.25, -0.2) is 0 Å². The number of hydrogen-bond acceptors (Lipinski definition) is 5. The first-order valence-electron chi connectivity index (χ1n) is 10.6. The van der Waals surface area contributed by atoms with Gasteiger partial charge in [-0.2, -0.15) is 5.26 Å². The molecule has 1 amide bonds. The van der Waals surface area contributed by atoms with Gasteiger partial charge in [-0.15, -0.1) is 0 Å². The zero-order chi connectivity index (χ0) is 23.0. The lowest BCUT2D eigenvalue weighted by Gasteiger charge is -2.35. The van der Waals surface area contributed by atoms with Gasteiger partial charge >= 0.3 is 0 Å². The summed E-state index contributed by atoms with van der Waals surface area (Å²) >= 11 is 6.09. The van der Waals surface area contributed by atoms with E-state index in [1.807, 2.05) is 65.6 Å². The lowest BCUT2D eigenvalue weighted by Crippen LogP contribution is -2.44. The molecular weight excluding hydrogens is 436 g/mol. The van der Waals surface area contributed by atoms with Gasteiger partial charge in [0.05, 0.1) is 0 Å². The topological polar surface area (TPSA) is 68.6 Å². The smallest absolute Gasteiger partial charge is 0.267 e. The summed E-state index contributed by atoms with van der Waals surface area (Å²) in [4.78, 5) is 16.9. The van der Waals surface area contributed by atoms with Gasteiger partial charge in [-0.1, -0.05) is 35.9 Å². The van der Waals surface area contributed by atoms with Crippen molar-refractivity contribution in [2.75, 3.05) is 36.4 Å². The molecule has 1 aliphatic rings. The largest absolute Gasteiger partial charge is 0.457 e. The highest BCUT2D eigenvalue weighted by Crippen LogP contribution is 2.23. The molecule has 0 saturated carbocycles. The number of nitrogens with one attached hydrogen (secondary N) is 1. The number of hydrogen-bond donors (Lipinski definition) is 1. The molecule has 33 heavy (non-hydrogen) atoms. The van der Waals surface area contributed by atoms with Crippen LogP contribution in [0.25, 0.3) is 0 Å². The Bertz CT molecular complexity index is 1160. The number of anilines is 2. The Morgan fingerprint density at radius 2 is 1.64 bits per heavy atom. The molecule has 3 aromatic rings. The van der Waals surface area contributed by atoms with Crippen LogP contribution in [0.5, 0.6) is 11.5 Å². The van der Waals surface area contributed by atoms with Gasteiger partial charge < -0.3 is 19.9 Å². The molecule has 0 aliphatic carbocycles. The number of carbonyl (C=O) groups excluding carboxylic acids is 1. The fraction of sp³-hybridized carbons (Fsp3) is 0.154. The Labute approximate surface area is 198 Å². The second-order valence-electron chi connectivity index (χ2n) is 7.55. The van der Waals surface area contributed by atoms with Gasteiger partial charge in [0.2, 0.25) is 0 Å². The first-order valence-corrected chi connectivity index (χ1v) is 11.0. The summed E-state index contributed by atoms with van der Waals surface area (Å²) in [6.45, 7) is 2.97. The number of amides is 1. The molecule has 1 heterocycles. The maximum Gasteiger partial charge on any atom is 0.267 e. The molecule has 1 fully saturated rings. The number of ether oxygens (including phenoxy) is 1. The Morgan fingerprint density at radius 3 is 2.30 bits per heavy atom. The van der Waals surface area contributed by atoms with Crippen molar-refractivity contribution in [3.05, 3.63) is 95.7 Å². The molecule has 6 nitrogen and oxygen atoms in total. The molecule has 0 unspecified atom stereocenters. The van der Waals surface area contributed by atoms with Crippen LogP contribution in [0.1, 0.15) is 0 Å². The molecule has 7 heteroatoms. The van der Waals surface area contributed by atoms with Crippen molar-refractivity contribution in [1.82, 2.24) is 4.90 Å². The molecule has 0 aromatic heterocycles. The molecule has 0 spiro atoms. The highest BCUT2D eigenvalue weighted by atomic mass is 35.5. The number of nitrogens with zero attached hydrogens (tertiary/aromatic N) is 3. The van der Waals surface area contributed by atoms with Crippen LogP contribution in [0.15, 0.2) is 90.6 Å². The van der Waals surface area contributed by atoms with E-state index in [-0.39, 0.29) is 5.57 Å². The van der Waals surface area contributed by atoms with Gasteiger partial charge in [-0.05, 0) is 54.6 Å². The SMILES string of the molecule is N#C/C(=C/N1CCN(c2cccc(Cl)c2)CC1)C(=O)Nc1ccc(Oc2ccccc2)cc1. The second kappa shape index (κ2) is 10.6. The predicted molar refractivity (Wildman–Crippen MR) is 131 cm³/mol. The normalized spacial score (nSPS) is 13.9. The maximum atomic E-state index is 12.6. The number of halogens is 1. The predicted octanol–water partition coefficient (Wildman–Crippen LogP) is 5.30. The first kappa shape index (κ1) is 22.3. The van der Waals surface area contributed by atoms with Crippen LogP contribution in [0.2, 0.25) is 5.02 Å². The summed E-state index contributed by atoms with van der Waals surface area (Å²) in [7, 11) is 0. The van der Waals surface area contributed by atoms with E-state index in [4.69, 9.17) is 16.3 Å². The Hall–Kier alpha value is -3.95. The average molecular weight is 459 g/mol. The van der Waals surface area contributed by atoms with Gasteiger partial charge in [0.1, 0.15) is 23.1 Å². The van der Waals surface area contributed by atoms with Crippen LogP contribution in [-0.2, 0) is 4.79 Å². The highest BCUT2D eigenvalue weighted by molar-refractivity contribution is 6.30. The summed E-state index contributed by atoms with van der Waals surface area (Å²) in [6, 6.07) is 26.3. The zero-order valence-electron chi connectivity index (χ0n) is 17.9. The number of para-hydroxylation sites is 1. The van der Waals surface area contributed by atoms with E-state index in [1.54, 1.807) is 30.5 Å². The minimum atomic E-state index is -0.438. The standard InChI is InChI=1S/C26H23ClN4O2/c27-21-5-4-6-23(17-21)31-15-13-30(14-16-31)19-20(18-28)26(32)29-22-9-11-25(12-10-22)33-24-7-2-1-3-8-24/h1-12,17,19H,13-16H2,(H,29,32)/b20-19-. The molecule has 0 bridgehead atoms. The van der Waals surface area contributed by atoms with Crippen molar-refractivity contribution in [3.63, 3.8) is 0 Å². The van der Waals surface area contributed by atoms with Gasteiger partial charge in [0.15, 0.2) is 0 Å². The van der Waals surface area contributed by atoms with E-state index in [0.29, 0.717) is 29.5 Å². The number of carbonyl (C=O) groups is 1. The van der Waals surface area contributed by atoms with E-state index >= 15 is 0 Å². The van der Waals surface area contributed by atoms with Crippen molar-refractivity contribution in [2.24, 2.45) is 0 Å². The quantitative estimate of drug-likeness (QED) is 0.401. The lowest BCUT2D eigenvalue weighted by molar-refractivity contribution is -0.112. The highest BCUT2D eigenvalue weighted by Gasteiger charge is 2.18. The molecule has 1 saturated heterocycles. The fourth-order valence-corrected chi connectivity index (χ4v) is 3.72. The van der Waals surface area contributed by atoms with Crippen molar-refractivity contribution in [3.8, 4) is 17.6 Å². The molecule has 0 atom stereocenters. The summed E-state index contributed by atoms with van der Waals surface area (Å²) in [6.07, 6.45) is 1.64. The minimum absolute atomic E-state index is 0.0656. The first-order chi connectivity index (χ1) is 16.1.